The molecule has 0 bridgehead atoms. The summed E-state index contributed by atoms with van der Waals surface area (Å²) < 4.78 is 28.4. The molecular formula is C39H58ClN15O9. The van der Waals surface area contributed by atoms with Crippen molar-refractivity contribution in [2.45, 2.75) is 19.6 Å². The lowest BCUT2D eigenvalue weighted by Gasteiger charge is -2.26. The van der Waals surface area contributed by atoms with Crippen LogP contribution in [0, 0.1) is 0 Å². The summed E-state index contributed by atoms with van der Waals surface area (Å²) in [6.45, 7) is 12.3. The van der Waals surface area contributed by atoms with Crippen LogP contribution in [0.1, 0.15) is 0 Å². The van der Waals surface area contributed by atoms with Gasteiger partial charge in [0, 0.05) is 120 Å². The first-order valence-electron chi connectivity index (χ1n) is 21.0. The van der Waals surface area contributed by atoms with E-state index in [1.807, 2.05) is 0 Å². The number of hydrogen-bond donors (Lipinski definition) is 1. The number of alkyl halides is 1. The predicted molar refractivity (Wildman–Crippen MR) is 240 cm³/mol. The molecule has 350 valence electrons. The molecule has 0 radical (unpaired) electrons. The summed E-state index contributed by atoms with van der Waals surface area (Å²) in [4.78, 5) is 90.1. The maximum absolute atomic E-state index is 12.5. The molecule has 0 aliphatic carbocycles. The van der Waals surface area contributed by atoms with Gasteiger partial charge in [0.1, 0.15) is 0 Å². The fourth-order valence-corrected chi connectivity index (χ4v) is 7.68. The standard InChI is InChI=1S/2C13H19N5O3.C9H11ClN4O2.C4H9NO/c2*1-15-9-14-11-10(15)12(19)18(13(20)16(11)2)4-3-17-5-7-21-8-6-17;1-12-5-11-7-6(12)8(15)14(4-3-10)9(16)13(7)2;1-3-6-4-2-5-1/h2*9H,3-8H2,1-2H3;5H,3-4H2,1-2H3;5H,1-4H2. The average molecular weight is 916 g/mol. The Morgan fingerprint density at radius 3 is 1.08 bits per heavy atom. The third-order valence-electron chi connectivity index (χ3n) is 11.2. The first kappa shape index (κ1) is 48.0. The summed E-state index contributed by atoms with van der Waals surface area (Å²) in [7, 11) is 10.1. The minimum Gasteiger partial charge on any atom is -0.379 e. The molecule has 9 rings (SSSR count). The number of fused-ring (bicyclic) bond motifs is 3. The zero-order valence-corrected chi connectivity index (χ0v) is 38.0. The van der Waals surface area contributed by atoms with Crippen molar-refractivity contribution < 1.29 is 14.2 Å². The molecule has 6 aromatic heterocycles. The summed E-state index contributed by atoms with van der Waals surface area (Å²) in [6, 6.07) is 0. The van der Waals surface area contributed by atoms with Gasteiger partial charge in [-0.2, -0.15) is 0 Å². The summed E-state index contributed by atoms with van der Waals surface area (Å²) in [6.07, 6.45) is 4.62. The number of imidazole rings is 3. The number of nitrogens with one attached hydrogen (secondary N) is 1. The molecule has 0 saturated carbocycles. The molecule has 64 heavy (non-hydrogen) atoms. The highest BCUT2D eigenvalue weighted by Crippen LogP contribution is 2.06. The van der Waals surface area contributed by atoms with E-state index in [-0.39, 0.29) is 40.5 Å². The zero-order chi connectivity index (χ0) is 46.1. The van der Waals surface area contributed by atoms with Crippen molar-refractivity contribution in [2.75, 3.05) is 97.9 Å². The lowest BCUT2D eigenvalue weighted by atomic mass is 10.4. The van der Waals surface area contributed by atoms with Gasteiger partial charge in [-0.15, -0.1) is 11.6 Å². The molecule has 3 saturated heterocycles. The molecule has 0 amide bonds. The van der Waals surface area contributed by atoms with Crippen LogP contribution in [0.4, 0.5) is 0 Å². The van der Waals surface area contributed by atoms with Crippen LogP contribution in [0.3, 0.4) is 0 Å². The van der Waals surface area contributed by atoms with Crippen molar-refractivity contribution in [3.63, 3.8) is 0 Å². The number of ether oxygens (including phenoxy) is 3. The zero-order valence-electron chi connectivity index (χ0n) is 37.3. The fraction of sp³-hybridized carbons (Fsp3) is 0.615. The van der Waals surface area contributed by atoms with E-state index in [2.05, 4.69) is 30.1 Å². The van der Waals surface area contributed by atoms with Gasteiger partial charge in [-0.25, -0.2) is 29.3 Å². The Labute approximate surface area is 371 Å². The Balaban J connectivity index is 0.000000151. The second-order valence-corrected chi connectivity index (χ2v) is 15.8. The van der Waals surface area contributed by atoms with Crippen LogP contribution >= 0.6 is 11.6 Å². The van der Waals surface area contributed by atoms with E-state index in [1.165, 1.54) is 29.2 Å². The predicted octanol–water partition coefficient (Wildman–Crippen LogP) is -3.19. The van der Waals surface area contributed by atoms with Gasteiger partial charge in [0.15, 0.2) is 33.5 Å². The van der Waals surface area contributed by atoms with Crippen molar-refractivity contribution in [2.24, 2.45) is 42.3 Å². The Kier molecular flexibility index (Phi) is 16.4. The van der Waals surface area contributed by atoms with E-state index in [0.717, 1.165) is 57.0 Å². The molecule has 6 aromatic rings. The normalized spacial score (nSPS) is 16.0. The molecule has 0 spiro atoms. The van der Waals surface area contributed by atoms with Gasteiger partial charge in [-0.3, -0.25) is 51.6 Å². The first-order valence-corrected chi connectivity index (χ1v) is 21.6. The molecule has 0 aromatic carbocycles. The van der Waals surface area contributed by atoms with Crippen LogP contribution in [0.25, 0.3) is 33.5 Å². The highest BCUT2D eigenvalue weighted by Gasteiger charge is 2.19. The lowest BCUT2D eigenvalue weighted by Crippen LogP contribution is -2.44. The van der Waals surface area contributed by atoms with Crippen molar-refractivity contribution in [3.05, 3.63) is 81.5 Å². The van der Waals surface area contributed by atoms with Gasteiger partial charge in [0.25, 0.3) is 16.7 Å². The number of aromatic nitrogens is 12. The van der Waals surface area contributed by atoms with Gasteiger partial charge < -0.3 is 33.2 Å². The molecule has 25 heteroatoms. The summed E-state index contributed by atoms with van der Waals surface area (Å²) in [5.74, 6) is 0.221. The molecule has 9 heterocycles. The number of halogens is 1. The van der Waals surface area contributed by atoms with E-state index in [0.29, 0.717) is 86.1 Å². The first-order chi connectivity index (χ1) is 30.8. The Bertz CT molecular complexity index is 2760. The maximum Gasteiger partial charge on any atom is 0.332 e. The molecule has 0 atom stereocenters. The number of hydrogen-bond acceptors (Lipinski definition) is 15. The van der Waals surface area contributed by atoms with E-state index in [4.69, 9.17) is 25.8 Å². The minimum atomic E-state index is -0.392. The number of rotatable bonds is 8. The van der Waals surface area contributed by atoms with E-state index >= 15 is 0 Å². The Morgan fingerprint density at radius 2 is 0.797 bits per heavy atom. The van der Waals surface area contributed by atoms with Crippen LogP contribution in [0.2, 0.25) is 0 Å². The van der Waals surface area contributed by atoms with Gasteiger partial charge in [0.2, 0.25) is 0 Å². The minimum absolute atomic E-state index is 0.203. The Morgan fingerprint density at radius 1 is 0.484 bits per heavy atom. The topological polar surface area (TPSA) is 232 Å². The van der Waals surface area contributed by atoms with Crippen LogP contribution < -0.4 is 39.1 Å². The highest BCUT2D eigenvalue weighted by atomic mass is 35.5. The largest absolute Gasteiger partial charge is 0.379 e. The van der Waals surface area contributed by atoms with E-state index < -0.39 is 5.69 Å². The number of nitrogens with zero attached hydrogens (tertiary/aromatic N) is 14. The second-order valence-electron chi connectivity index (χ2n) is 15.4. The number of morpholine rings is 3. The van der Waals surface area contributed by atoms with Crippen molar-refractivity contribution in [1.29, 1.82) is 0 Å². The quantitative estimate of drug-likeness (QED) is 0.148. The smallest absolute Gasteiger partial charge is 0.332 e. The molecule has 0 unspecified atom stereocenters. The van der Waals surface area contributed by atoms with Crippen LogP contribution in [-0.2, 0) is 76.1 Å². The molecular weight excluding hydrogens is 858 g/mol. The van der Waals surface area contributed by atoms with E-state index in [1.54, 1.807) is 68.6 Å². The molecule has 1 N–H and O–H groups in total. The molecule has 3 aliphatic rings. The van der Waals surface area contributed by atoms with Gasteiger partial charge in [-0.05, 0) is 0 Å². The van der Waals surface area contributed by atoms with Crippen LogP contribution in [0.5, 0.6) is 0 Å². The van der Waals surface area contributed by atoms with Gasteiger partial charge in [-0.1, -0.05) is 0 Å². The van der Waals surface area contributed by atoms with Gasteiger partial charge >= 0.3 is 17.1 Å². The van der Waals surface area contributed by atoms with Crippen molar-refractivity contribution in [3.8, 4) is 0 Å². The van der Waals surface area contributed by atoms with Crippen LogP contribution in [0.15, 0.2) is 47.7 Å². The third-order valence-corrected chi connectivity index (χ3v) is 11.4. The second kappa shape index (κ2) is 21.9. The fourth-order valence-electron chi connectivity index (χ4n) is 7.51. The average Bonchev–Trinajstić information content (AvgIpc) is 4.03. The summed E-state index contributed by atoms with van der Waals surface area (Å²) in [5.41, 5.74) is 0.635. The monoisotopic (exact) mass is 915 g/mol. The molecule has 24 nitrogen and oxygen atoms in total. The van der Waals surface area contributed by atoms with Gasteiger partial charge in [0.05, 0.1) is 58.6 Å². The summed E-state index contributed by atoms with van der Waals surface area (Å²) >= 11 is 5.57. The summed E-state index contributed by atoms with van der Waals surface area (Å²) in [5, 5.41) is 3.16. The van der Waals surface area contributed by atoms with E-state index in [9.17, 15) is 28.8 Å². The number of aryl methyl sites for hydroxylation is 6. The molecule has 3 fully saturated rings. The SMILES string of the molecule is C1COCCN1.Cn1cnc2c1c(=O)n(CCCl)c(=O)n2C.Cn1cnc2c1c(=O)n(CCN1CCOCC1)c(=O)n2C.Cn1cnc2c1c(=O)n(CCN1CCOCC1)c(=O)n2C. The molecule has 3 aliphatic heterocycles. The highest BCUT2D eigenvalue weighted by molar-refractivity contribution is 6.17. The Hall–Kier alpha value is -5.50. The van der Waals surface area contributed by atoms with Crippen LogP contribution in [-0.4, -0.2) is 164 Å². The third kappa shape index (κ3) is 10.5. The van der Waals surface area contributed by atoms with Crippen molar-refractivity contribution >= 4 is 45.1 Å². The van der Waals surface area contributed by atoms with Crippen molar-refractivity contribution in [1.82, 2.24) is 71.2 Å². The maximum atomic E-state index is 12.5. The lowest BCUT2D eigenvalue weighted by molar-refractivity contribution is 0.0360.